The molecule has 0 saturated carbocycles. The van der Waals surface area contributed by atoms with Crippen LogP contribution in [-0.2, 0) is 7.05 Å². The van der Waals surface area contributed by atoms with Gasteiger partial charge in [0.25, 0.3) is 5.91 Å². The van der Waals surface area contributed by atoms with Crippen molar-refractivity contribution in [2.45, 2.75) is 13.0 Å². The van der Waals surface area contributed by atoms with E-state index >= 15 is 0 Å². The van der Waals surface area contributed by atoms with Crippen molar-refractivity contribution >= 4 is 16.8 Å². The maximum absolute atomic E-state index is 12.6. The number of aryl methyl sites for hydroxylation is 2. The number of aliphatic hydroxyl groups is 1. The van der Waals surface area contributed by atoms with Gasteiger partial charge < -0.3 is 10.4 Å². The normalized spacial score (nSPS) is 12.1. The summed E-state index contributed by atoms with van der Waals surface area (Å²) in [7, 11) is 1.69. The van der Waals surface area contributed by atoms with E-state index in [0.717, 1.165) is 5.56 Å². The van der Waals surface area contributed by atoms with Crippen LogP contribution < -0.4 is 10.7 Å². The highest BCUT2D eigenvalue weighted by Crippen LogP contribution is 2.12. The van der Waals surface area contributed by atoms with Crippen molar-refractivity contribution in [2.75, 3.05) is 6.54 Å². The summed E-state index contributed by atoms with van der Waals surface area (Å²) < 4.78 is 1.51. The first kappa shape index (κ1) is 16.9. The van der Waals surface area contributed by atoms with Gasteiger partial charge in [-0.25, -0.2) is 0 Å². The van der Waals surface area contributed by atoms with Gasteiger partial charge in [-0.15, -0.1) is 0 Å². The van der Waals surface area contributed by atoms with Gasteiger partial charge in [-0.1, -0.05) is 42.0 Å². The molecular formula is C19H19N3O3. The number of rotatable bonds is 4. The fourth-order valence-corrected chi connectivity index (χ4v) is 2.71. The molecule has 1 amide bonds. The monoisotopic (exact) mass is 337 g/mol. The molecule has 1 atom stereocenters. The molecule has 0 radical (unpaired) electrons. The standard InChI is InChI=1S/C19H19N3O3/c1-12-8-9-15-14(10-12)18(24)17(21-22(15)2)19(25)20-11-16(23)13-6-4-3-5-7-13/h3-10,16,23H,11H2,1-2H3,(H,20,25). The highest BCUT2D eigenvalue weighted by molar-refractivity contribution is 5.95. The van der Waals surface area contributed by atoms with Gasteiger partial charge in [0.2, 0.25) is 5.43 Å². The molecule has 0 aliphatic rings. The largest absolute Gasteiger partial charge is 0.387 e. The van der Waals surface area contributed by atoms with Crippen molar-refractivity contribution in [1.29, 1.82) is 0 Å². The van der Waals surface area contributed by atoms with Crippen LogP contribution in [0.25, 0.3) is 10.9 Å². The molecule has 6 nitrogen and oxygen atoms in total. The predicted molar refractivity (Wildman–Crippen MR) is 95.5 cm³/mol. The zero-order valence-corrected chi connectivity index (χ0v) is 14.1. The second-order valence-corrected chi connectivity index (χ2v) is 5.96. The lowest BCUT2D eigenvalue weighted by atomic mass is 10.1. The minimum Gasteiger partial charge on any atom is -0.387 e. The van der Waals surface area contributed by atoms with Crippen LogP contribution in [0.5, 0.6) is 0 Å². The number of nitrogens with zero attached hydrogens (tertiary/aromatic N) is 2. The van der Waals surface area contributed by atoms with Gasteiger partial charge in [0.05, 0.1) is 17.0 Å². The van der Waals surface area contributed by atoms with Crippen LogP contribution in [0, 0.1) is 6.92 Å². The molecule has 0 aliphatic carbocycles. The number of aliphatic hydroxyl groups excluding tert-OH is 1. The Kier molecular flexibility index (Phi) is 4.63. The number of carbonyl (C=O) groups excluding carboxylic acids is 1. The van der Waals surface area contributed by atoms with Crippen molar-refractivity contribution in [3.63, 3.8) is 0 Å². The van der Waals surface area contributed by atoms with E-state index in [4.69, 9.17) is 0 Å². The zero-order valence-electron chi connectivity index (χ0n) is 14.1. The molecule has 0 aliphatic heterocycles. The van der Waals surface area contributed by atoms with Gasteiger partial charge in [-0.05, 0) is 24.6 Å². The number of carbonyl (C=O) groups is 1. The average molecular weight is 337 g/mol. The summed E-state index contributed by atoms with van der Waals surface area (Å²) >= 11 is 0. The Morgan fingerprint density at radius 1 is 1.24 bits per heavy atom. The minimum atomic E-state index is -0.850. The number of amides is 1. The molecule has 128 valence electrons. The van der Waals surface area contributed by atoms with Gasteiger partial charge in [-0.3, -0.25) is 14.3 Å². The van der Waals surface area contributed by atoms with E-state index in [1.54, 1.807) is 31.3 Å². The van der Waals surface area contributed by atoms with E-state index in [1.165, 1.54) is 4.68 Å². The summed E-state index contributed by atoms with van der Waals surface area (Å²) in [6.45, 7) is 1.88. The maximum Gasteiger partial charge on any atom is 0.275 e. The summed E-state index contributed by atoms with van der Waals surface area (Å²) in [6.07, 6.45) is -0.850. The van der Waals surface area contributed by atoms with Crippen LogP contribution in [0.2, 0.25) is 0 Å². The van der Waals surface area contributed by atoms with E-state index < -0.39 is 17.4 Å². The first-order valence-corrected chi connectivity index (χ1v) is 7.96. The van der Waals surface area contributed by atoms with E-state index in [2.05, 4.69) is 10.4 Å². The summed E-state index contributed by atoms with van der Waals surface area (Å²) in [5.41, 5.74) is 1.69. The Balaban J connectivity index is 1.85. The Labute approximate surface area is 144 Å². The van der Waals surface area contributed by atoms with Gasteiger partial charge in [0.1, 0.15) is 0 Å². The molecule has 3 rings (SSSR count). The minimum absolute atomic E-state index is 0.000461. The van der Waals surface area contributed by atoms with Crippen molar-refractivity contribution < 1.29 is 9.90 Å². The lowest BCUT2D eigenvalue weighted by Crippen LogP contribution is -2.34. The van der Waals surface area contributed by atoms with Gasteiger partial charge in [0, 0.05) is 13.6 Å². The Morgan fingerprint density at radius 2 is 1.96 bits per heavy atom. The molecular weight excluding hydrogens is 318 g/mol. The predicted octanol–water partition coefficient (Wildman–Crippen LogP) is 1.71. The Hall–Kier alpha value is -2.99. The molecule has 2 N–H and O–H groups in total. The topological polar surface area (TPSA) is 84.2 Å². The summed E-state index contributed by atoms with van der Waals surface area (Å²) in [4.78, 5) is 25.0. The van der Waals surface area contributed by atoms with E-state index in [9.17, 15) is 14.7 Å². The maximum atomic E-state index is 12.6. The van der Waals surface area contributed by atoms with Gasteiger partial charge >= 0.3 is 0 Å². The molecule has 0 bridgehead atoms. The molecule has 25 heavy (non-hydrogen) atoms. The van der Waals surface area contributed by atoms with Crippen LogP contribution in [0.15, 0.2) is 53.3 Å². The van der Waals surface area contributed by atoms with Crippen molar-refractivity contribution in [2.24, 2.45) is 7.05 Å². The first-order valence-electron chi connectivity index (χ1n) is 7.96. The van der Waals surface area contributed by atoms with Crippen molar-refractivity contribution in [1.82, 2.24) is 15.1 Å². The number of benzene rings is 2. The number of fused-ring (bicyclic) bond motifs is 1. The second-order valence-electron chi connectivity index (χ2n) is 5.96. The average Bonchev–Trinajstić information content (AvgIpc) is 2.63. The third-order valence-electron chi connectivity index (χ3n) is 4.07. The highest BCUT2D eigenvalue weighted by atomic mass is 16.3. The third-order valence-corrected chi connectivity index (χ3v) is 4.07. The molecule has 1 heterocycles. The number of hydrogen-bond acceptors (Lipinski definition) is 4. The van der Waals surface area contributed by atoms with Crippen LogP contribution >= 0.6 is 0 Å². The second kappa shape index (κ2) is 6.86. The number of aromatic nitrogens is 2. The fraction of sp³-hybridized carbons (Fsp3) is 0.211. The van der Waals surface area contributed by atoms with Crippen LogP contribution in [0.4, 0.5) is 0 Å². The SMILES string of the molecule is Cc1ccc2c(c1)c(=O)c(C(=O)NCC(O)c1ccccc1)nn2C. The van der Waals surface area contributed by atoms with Crippen LogP contribution in [0.1, 0.15) is 27.7 Å². The first-order chi connectivity index (χ1) is 12.0. The van der Waals surface area contributed by atoms with Crippen molar-refractivity contribution in [3.8, 4) is 0 Å². The lowest BCUT2D eigenvalue weighted by Gasteiger charge is -2.12. The smallest absolute Gasteiger partial charge is 0.275 e. The van der Waals surface area contributed by atoms with E-state index in [0.29, 0.717) is 16.5 Å². The molecule has 1 unspecified atom stereocenters. The zero-order chi connectivity index (χ0) is 18.0. The summed E-state index contributed by atoms with van der Waals surface area (Å²) in [5.74, 6) is -0.598. The molecule has 1 aromatic heterocycles. The van der Waals surface area contributed by atoms with E-state index in [1.807, 2.05) is 31.2 Å². The fourth-order valence-electron chi connectivity index (χ4n) is 2.71. The molecule has 0 spiro atoms. The molecule has 0 saturated heterocycles. The molecule has 3 aromatic rings. The molecule has 6 heteroatoms. The number of hydrogen-bond donors (Lipinski definition) is 2. The molecule has 2 aromatic carbocycles. The van der Waals surface area contributed by atoms with Gasteiger partial charge in [-0.2, -0.15) is 5.10 Å². The highest BCUT2D eigenvalue weighted by Gasteiger charge is 2.18. The third kappa shape index (κ3) is 3.44. The Bertz CT molecular complexity index is 980. The Morgan fingerprint density at radius 3 is 2.68 bits per heavy atom. The molecule has 0 fully saturated rings. The van der Waals surface area contributed by atoms with Crippen LogP contribution in [-0.4, -0.2) is 27.3 Å². The van der Waals surface area contributed by atoms with Crippen LogP contribution in [0.3, 0.4) is 0 Å². The summed E-state index contributed by atoms with van der Waals surface area (Å²) in [5, 5.41) is 17.3. The number of nitrogens with one attached hydrogen (secondary N) is 1. The van der Waals surface area contributed by atoms with Crippen molar-refractivity contribution in [3.05, 3.63) is 75.6 Å². The summed E-state index contributed by atoms with van der Waals surface area (Å²) in [6, 6.07) is 14.4. The van der Waals surface area contributed by atoms with E-state index in [-0.39, 0.29) is 12.2 Å². The lowest BCUT2D eigenvalue weighted by molar-refractivity contribution is 0.0908. The van der Waals surface area contributed by atoms with Gasteiger partial charge in [0.15, 0.2) is 5.69 Å². The quantitative estimate of drug-likeness (QED) is 0.759.